The van der Waals surface area contributed by atoms with Crippen LogP contribution in [0, 0.1) is 6.92 Å². The Morgan fingerprint density at radius 2 is 1.96 bits per heavy atom. The minimum Gasteiger partial charge on any atom is -0.350 e. The lowest BCUT2D eigenvalue weighted by Crippen LogP contribution is -2.30. The molecule has 0 fully saturated rings. The predicted octanol–water partition coefficient (Wildman–Crippen LogP) is 2.49. The summed E-state index contributed by atoms with van der Waals surface area (Å²) in [6, 6.07) is 4.78. The number of rotatable bonds is 5. The molecule has 0 aliphatic heterocycles. The Bertz CT molecular complexity index is 874. The van der Waals surface area contributed by atoms with Gasteiger partial charge in [-0.25, -0.2) is 4.79 Å². The molecule has 0 saturated heterocycles. The molecular formula is C16H17Cl2N3O3. The van der Waals surface area contributed by atoms with Gasteiger partial charge in [-0.05, 0) is 38.0 Å². The van der Waals surface area contributed by atoms with E-state index in [1.807, 2.05) is 6.92 Å². The maximum atomic E-state index is 12.1. The summed E-state index contributed by atoms with van der Waals surface area (Å²) in [6.07, 6.45) is 0.344. The van der Waals surface area contributed by atoms with Crippen molar-refractivity contribution in [3.05, 3.63) is 65.9 Å². The third kappa shape index (κ3) is 4.49. The smallest absolute Gasteiger partial charge is 0.325 e. The number of carbonyl (C=O) groups is 1. The van der Waals surface area contributed by atoms with E-state index >= 15 is 0 Å². The number of hydrogen-bond donors (Lipinski definition) is 3. The molecule has 128 valence electrons. The fraction of sp³-hybridized carbons (Fsp3) is 0.312. The van der Waals surface area contributed by atoms with Crippen molar-refractivity contribution < 1.29 is 4.79 Å². The van der Waals surface area contributed by atoms with Crippen molar-refractivity contribution in [2.45, 2.75) is 32.7 Å². The Labute approximate surface area is 148 Å². The molecule has 2 aromatic rings. The molecule has 2 rings (SSSR count). The zero-order chi connectivity index (χ0) is 17.9. The van der Waals surface area contributed by atoms with Gasteiger partial charge in [-0.1, -0.05) is 29.3 Å². The molecule has 1 unspecified atom stereocenters. The van der Waals surface area contributed by atoms with Gasteiger partial charge in [0.1, 0.15) is 0 Å². The highest BCUT2D eigenvalue weighted by molar-refractivity contribution is 6.35. The number of aromatic nitrogens is 2. The Morgan fingerprint density at radius 3 is 2.58 bits per heavy atom. The average Bonchev–Trinajstić information content (AvgIpc) is 2.45. The van der Waals surface area contributed by atoms with Crippen molar-refractivity contribution in [1.29, 1.82) is 0 Å². The zero-order valence-corrected chi connectivity index (χ0v) is 14.7. The largest absolute Gasteiger partial charge is 0.350 e. The summed E-state index contributed by atoms with van der Waals surface area (Å²) >= 11 is 12.0. The van der Waals surface area contributed by atoms with Gasteiger partial charge in [0.2, 0.25) is 5.91 Å². The van der Waals surface area contributed by atoms with Gasteiger partial charge in [-0.2, -0.15) is 0 Å². The van der Waals surface area contributed by atoms with Crippen molar-refractivity contribution in [2.75, 3.05) is 0 Å². The number of aryl methyl sites for hydroxylation is 1. The molecule has 1 heterocycles. The second-order valence-corrected chi connectivity index (χ2v) is 6.31. The molecule has 3 N–H and O–H groups in total. The lowest BCUT2D eigenvalue weighted by molar-refractivity contribution is -0.121. The lowest BCUT2D eigenvalue weighted by atomic mass is 10.1. The van der Waals surface area contributed by atoms with Gasteiger partial charge < -0.3 is 10.3 Å². The Kier molecular flexibility index (Phi) is 5.85. The first kappa shape index (κ1) is 18.3. The summed E-state index contributed by atoms with van der Waals surface area (Å²) in [4.78, 5) is 39.7. The molecule has 8 heteroatoms. The molecule has 6 nitrogen and oxygen atoms in total. The SMILES string of the molecule is Cc1[nH]c(=O)[nH]c(=O)c1CCC(=O)NC(C)c1ccc(Cl)cc1Cl. The quantitative estimate of drug-likeness (QED) is 0.755. The molecule has 24 heavy (non-hydrogen) atoms. The second-order valence-electron chi connectivity index (χ2n) is 5.47. The van der Waals surface area contributed by atoms with Crippen LogP contribution in [0.4, 0.5) is 0 Å². The summed E-state index contributed by atoms with van der Waals surface area (Å²) in [5, 5.41) is 3.82. The van der Waals surface area contributed by atoms with Gasteiger partial charge in [0.15, 0.2) is 0 Å². The van der Waals surface area contributed by atoms with Crippen LogP contribution >= 0.6 is 23.2 Å². The molecule has 0 spiro atoms. The first-order valence-electron chi connectivity index (χ1n) is 7.34. The van der Waals surface area contributed by atoms with Crippen LogP contribution in [-0.4, -0.2) is 15.9 Å². The van der Waals surface area contributed by atoms with Gasteiger partial charge in [0, 0.05) is 27.7 Å². The molecule has 0 aliphatic rings. The molecule has 1 amide bonds. The summed E-state index contributed by atoms with van der Waals surface area (Å²) in [5.74, 6) is -0.224. The van der Waals surface area contributed by atoms with Crippen LogP contribution < -0.4 is 16.6 Å². The maximum Gasteiger partial charge on any atom is 0.325 e. The molecule has 1 aromatic carbocycles. The summed E-state index contributed by atoms with van der Waals surface area (Å²) in [7, 11) is 0. The molecule has 0 radical (unpaired) electrons. The molecule has 0 saturated carbocycles. The van der Waals surface area contributed by atoms with Gasteiger partial charge in [-0.3, -0.25) is 14.6 Å². The van der Waals surface area contributed by atoms with Gasteiger partial charge in [0.05, 0.1) is 6.04 Å². The fourth-order valence-electron chi connectivity index (χ4n) is 2.41. The van der Waals surface area contributed by atoms with Crippen molar-refractivity contribution in [3.63, 3.8) is 0 Å². The van der Waals surface area contributed by atoms with Crippen LogP contribution in [0.25, 0.3) is 0 Å². The Morgan fingerprint density at radius 1 is 1.25 bits per heavy atom. The first-order valence-corrected chi connectivity index (χ1v) is 8.10. The van der Waals surface area contributed by atoms with Gasteiger partial charge >= 0.3 is 5.69 Å². The van der Waals surface area contributed by atoms with E-state index in [0.29, 0.717) is 21.3 Å². The third-order valence-electron chi connectivity index (χ3n) is 3.66. The van der Waals surface area contributed by atoms with Crippen LogP contribution in [0.3, 0.4) is 0 Å². The van der Waals surface area contributed by atoms with E-state index < -0.39 is 11.2 Å². The lowest BCUT2D eigenvalue weighted by Gasteiger charge is -2.16. The number of nitrogens with one attached hydrogen (secondary N) is 3. The van der Waals surface area contributed by atoms with Crippen LogP contribution in [0.5, 0.6) is 0 Å². The van der Waals surface area contributed by atoms with Crippen molar-refractivity contribution in [1.82, 2.24) is 15.3 Å². The van der Waals surface area contributed by atoms with E-state index in [2.05, 4.69) is 15.3 Å². The van der Waals surface area contributed by atoms with Crippen LogP contribution in [0.1, 0.15) is 36.2 Å². The summed E-state index contributed by atoms with van der Waals surface area (Å²) in [6.45, 7) is 3.44. The third-order valence-corrected chi connectivity index (χ3v) is 4.23. The van der Waals surface area contributed by atoms with Gasteiger partial charge in [-0.15, -0.1) is 0 Å². The maximum absolute atomic E-state index is 12.1. The highest BCUT2D eigenvalue weighted by Gasteiger charge is 2.14. The monoisotopic (exact) mass is 369 g/mol. The summed E-state index contributed by atoms with van der Waals surface area (Å²) in [5.41, 5.74) is 0.578. The van der Waals surface area contributed by atoms with E-state index in [-0.39, 0.29) is 24.8 Å². The van der Waals surface area contributed by atoms with E-state index in [1.165, 1.54) is 0 Å². The number of benzene rings is 1. The molecule has 0 bridgehead atoms. The Balaban J connectivity index is 2.01. The minimum atomic E-state index is -0.559. The number of halogens is 2. The summed E-state index contributed by atoms with van der Waals surface area (Å²) < 4.78 is 0. The van der Waals surface area contributed by atoms with Crippen LogP contribution in [0.15, 0.2) is 27.8 Å². The van der Waals surface area contributed by atoms with Crippen LogP contribution in [-0.2, 0) is 11.2 Å². The van der Waals surface area contributed by atoms with Gasteiger partial charge in [0.25, 0.3) is 5.56 Å². The molecular weight excluding hydrogens is 353 g/mol. The van der Waals surface area contributed by atoms with Crippen molar-refractivity contribution >= 4 is 29.1 Å². The fourth-order valence-corrected chi connectivity index (χ4v) is 2.98. The second kappa shape index (κ2) is 7.68. The Hall–Kier alpha value is -2.05. The number of amides is 1. The van der Waals surface area contributed by atoms with Crippen LogP contribution in [0.2, 0.25) is 10.0 Å². The number of hydrogen-bond acceptors (Lipinski definition) is 3. The molecule has 1 aromatic heterocycles. The highest BCUT2D eigenvalue weighted by atomic mass is 35.5. The highest BCUT2D eigenvalue weighted by Crippen LogP contribution is 2.26. The van der Waals surface area contributed by atoms with Crippen molar-refractivity contribution in [3.8, 4) is 0 Å². The average molecular weight is 370 g/mol. The van der Waals surface area contributed by atoms with E-state index in [0.717, 1.165) is 5.56 Å². The topological polar surface area (TPSA) is 94.8 Å². The van der Waals surface area contributed by atoms with Crippen molar-refractivity contribution in [2.24, 2.45) is 0 Å². The zero-order valence-electron chi connectivity index (χ0n) is 13.2. The molecule has 1 atom stereocenters. The number of aromatic amines is 2. The minimum absolute atomic E-state index is 0.117. The standard InChI is InChI=1S/C16H17Cl2N3O3/c1-8(11-4-3-10(17)7-13(11)18)19-14(22)6-5-12-9(2)20-16(24)21-15(12)23/h3-4,7-8H,5-6H2,1-2H3,(H,19,22)(H2,20,21,23,24). The van der Waals surface area contributed by atoms with E-state index in [1.54, 1.807) is 25.1 Å². The first-order chi connectivity index (χ1) is 11.3. The van der Waals surface area contributed by atoms with E-state index in [9.17, 15) is 14.4 Å². The van der Waals surface area contributed by atoms with E-state index in [4.69, 9.17) is 23.2 Å². The predicted molar refractivity (Wildman–Crippen MR) is 93.8 cm³/mol. The number of H-pyrrole nitrogens is 2. The molecule has 0 aliphatic carbocycles. The normalized spacial score (nSPS) is 12.0. The number of carbonyl (C=O) groups excluding carboxylic acids is 1.